The van der Waals surface area contributed by atoms with Crippen LogP contribution in [0.1, 0.15) is 34.6 Å². The van der Waals surface area contributed by atoms with E-state index in [1.807, 2.05) is 0 Å². The van der Waals surface area contributed by atoms with Crippen LogP contribution in [-0.4, -0.2) is 67.2 Å². The quantitative estimate of drug-likeness (QED) is 0.433. The summed E-state index contributed by atoms with van der Waals surface area (Å²) >= 11 is 0. The van der Waals surface area contributed by atoms with E-state index in [4.69, 9.17) is 28.4 Å². The van der Waals surface area contributed by atoms with Crippen LogP contribution in [0, 0.1) is 0 Å². The second kappa shape index (κ2) is 9.86. The Balaban J connectivity index is 3.29. The van der Waals surface area contributed by atoms with Gasteiger partial charge in [0, 0.05) is 34.6 Å². The summed E-state index contributed by atoms with van der Waals surface area (Å²) in [6.45, 7) is 5.13. The zero-order valence-corrected chi connectivity index (χ0v) is 15.6. The third-order valence-electron chi connectivity index (χ3n) is 3.23. The normalized spacial score (nSPS) is 27.1. The zero-order chi connectivity index (χ0) is 20.7. The SMILES string of the molecule is CC(=O)OCC1O[C@H](OC(C)=O)[C@H](OC(C)=O)C(OC(C)=O)[C@@H]1OC(C)=O. The molecule has 11 heteroatoms. The zero-order valence-electron chi connectivity index (χ0n) is 15.6. The Hall–Kier alpha value is -2.69. The highest BCUT2D eigenvalue weighted by Crippen LogP contribution is 2.29. The molecule has 0 amide bonds. The van der Waals surface area contributed by atoms with Gasteiger partial charge in [-0.2, -0.15) is 0 Å². The first-order chi connectivity index (χ1) is 12.5. The van der Waals surface area contributed by atoms with Crippen LogP contribution in [0.2, 0.25) is 0 Å². The summed E-state index contributed by atoms with van der Waals surface area (Å²) in [5, 5.41) is 0. The maximum atomic E-state index is 11.5. The van der Waals surface area contributed by atoms with Gasteiger partial charge in [0.05, 0.1) is 0 Å². The minimum absolute atomic E-state index is 0.393. The maximum absolute atomic E-state index is 11.5. The first kappa shape index (κ1) is 22.4. The molecule has 11 nitrogen and oxygen atoms in total. The molecule has 1 saturated heterocycles. The molecule has 27 heavy (non-hydrogen) atoms. The summed E-state index contributed by atoms with van der Waals surface area (Å²) in [5.74, 6) is -3.71. The molecule has 1 heterocycles. The molecule has 1 aliphatic rings. The topological polar surface area (TPSA) is 141 Å². The predicted octanol–water partition coefficient (Wildman–Crippen LogP) is -0.367. The van der Waals surface area contributed by atoms with Crippen molar-refractivity contribution in [1.82, 2.24) is 0 Å². The van der Waals surface area contributed by atoms with Crippen LogP contribution < -0.4 is 0 Å². The lowest BCUT2D eigenvalue weighted by molar-refractivity contribution is -0.300. The van der Waals surface area contributed by atoms with Crippen LogP contribution in [0.25, 0.3) is 0 Å². The molecule has 0 radical (unpaired) electrons. The molecule has 5 atom stereocenters. The second-order valence-corrected chi connectivity index (χ2v) is 5.68. The fourth-order valence-corrected chi connectivity index (χ4v) is 2.45. The highest BCUT2D eigenvalue weighted by Gasteiger charge is 2.53. The van der Waals surface area contributed by atoms with E-state index in [0.717, 1.165) is 34.6 Å². The minimum Gasteiger partial charge on any atom is -0.463 e. The molecule has 0 N–H and O–H groups in total. The van der Waals surface area contributed by atoms with E-state index in [2.05, 4.69) is 0 Å². The fourth-order valence-electron chi connectivity index (χ4n) is 2.45. The van der Waals surface area contributed by atoms with E-state index in [-0.39, 0.29) is 0 Å². The number of rotatable bonds is 6. The Labute approximate surface area is 155 Å². The largest absolute Gasteiger partial charge is 0.463 e. The van der Waals surface area contributed by atoms with Crippen LogP contribution >= 0.6 is 0 Å². The molecule has 0 aromatic rings. The lowest BCUT2D eigenvalue weighted by Gasteiger charge is -2.43. The Morgan fingerprint density at radius 3 is 1.52 bits per heavy atom. The summed E-state index contributed by atoms with van der Waals surface area (Å²) in [6.07, 6.45) is -6.70. The van der Waals surface area contributed by atoms with Crippen LogP contribution in [0.3, 0.4) is 0 Å². The molecule has 0 aromatic carbocycles. The highest BCUT2D eigenvalue weighted by atomic mass is 16.7. The number of hydrogen-bond acceptors (Lipinski definition) is 11. The number of carbonyl (C=O) groups excluding carboxylic acids is 5. The molecule has 0 bridgehead atoms. The van der Waals surface area contributed by atoms with Gasteiger partial charge in [0.2, 0.25) is 12.4 Å². The van der Waals surface area contributed by atoms with Gasteiger partial charge in [0.15, 0.2) is 12.2 Å². The first-order valence-corrected chi connectivity index (χ1v) is 7.99. The van der Waals surface area contributed by atoms with E-state index in [1.54, 1.807) is 0 Å². The van der Waals surface area contributed by atoms with E-state index >= 15 is 0 Å². The minimum atomic E-state index is -1.48. The molecule has 0 saturated carbocycles. The van der Waals surface area contributed by atoms with Crippen LogP contribution in [0.5, 0.6) is 0 Å². The average Bonchev–Trinajstić information content (AvgIpc) is 2.49. The van der Waals surface area contributed by atoms with Gasteiger partial charge in [0.25, 0.3) is 0 Å². The van der Waals surface area contributed by atoms with E-state index in [0.29, 0.717) is 0 Å². The Bertz CT molecular complexity index is 599. The molecule has 1 aliphatic heterocycles. The third kappa shape index (κ3) is 7.21. The standard InChI is InChI=1S/C16H22O11/c1-7(17)22-6-12-13(23-8(2)18)14(24-9(3)19)15(25-10(4)20)16(27-12)26-11(5)21/h12-16H,6H2,1-5H3/t12?,13-,14?,15-,16+/m1/s1. The van der Waals surface area contributed by atoms with Crippen molar-refractivity contribution in [3.8, 4) is 0 Å². The van der Waals surface area contributed by atoms with Crippen molar-refractivity contribution in [2.45, 2.75) is 65.3 Å². The van der Waals surface area contributed by atoms with E-state index in [1.165, 1.54) is 0 Å². The van der Waals surface area contributed by atoms with E-state index < -0.39 is 67.2 Å². The second-order valence-electron chi connectivity index (χ2n) is 5.68. The summed E-state index contributed by atoms with van der Waals surface area (Å²) < 4.78 is 30.8. The first-order valence-electron chi connectivity index (χ1n) is 7.99. The lowest BCUT2D eigenvalue weighted by atomic mass is 9.98. The Morgan fingerprint density at radius 1 is 0.630 bits per heavy atom. The number of esters is 5. The van der Waals surface area contributed by atoms with Gasteiger partial charge in [-0.1, -0.05) is 0 Å². The number of carbonyl (C=O) groups is 5. The van der Waals surface area contributed by atoms with Gasteiger partial charge in [-0.05, 0) is 0 Å². The summed E-state index contributed by atoms with van der Waals surface area (Å²) in [7, 11) is 0. The molecule has 2 unspecified atom stereocenters. The van der Waals surface area contributed by atoms with Gasteiger partial charge in [-0.25, -0.2) is 0 Å². The Kier molecular flexibility index (Phi) is 8.16. The van der Waals surface area contributed by atoms with Crippen molar-refractivity contribution in [2.75, 3.05) is 6.61 Å². The molecule has 1 rings (SSSR count). The van der Waals surface area contributed by atoms with Crippen molar-refractivity contribution in [3.05, 3.63) is 0 Å². The summed E-state index contributed by atoms with van der Waals surface area (Å²) in [4.78, 5) is 57.0. The van der Waals surface area contributed by atoms with Crippen molar-refractivity contribution < 1.29 is 52.4 Å². The van der Waals surface area contributed by atoms with Gasteiger partial charge >= 0.3 is 29.8 Å². The number of hydrogen-bond donors (Lipinski definition) is 0. The molecule has 1 fully saturated rings. The molecular formula is C16H22O11. The third-order valence-corrected chi connectivity index (χ3v) is 3.23. The van der Waals surface area contributed by atoms with Crippen LogP contribution in [-0.2, 0) is 52.4 Å². The molecular weight excluding hydrogens is 368 g/mol. The lowest BCUT2D eigenvalue weighted by Crippen LogP contribution is -2.63. The van der Waals surface area contributed by atoms with Crippen LogP contribution in [0.4, 0.5) is 0 Å². The van der Waals surface area contributed by atoms with E-state index in [9.17, 15) is 24.0 Å². The van der Waals surface area contributed by atoms with Gasteiger partial charge in [-0.15, -0.1) is 0 Å². The van der Waals surface area contributed by atoms with Gasteiger partial charge in [0.1, 0.15) is 12.7 Å². The molecule has 152 valence electrons. The predicted molar refractivity (Wildman–Crippen MR) is 83.7 cm³/mol. The smallest absolute Gasteiger partial charge is 0.305 e. The monoisotopic (exact) mass is 390 g/mol. The van der Waals surface area contributed by atoms with Gasteiger partial charge in [-0.3, -0.25) is 24.0 Å². The van der Waals surface area contributed by atoms with Crippen molar-refractivity contribution >= 4 is 29.8 Å². The van der Waals surface area contributed by atoms with Crippen molar-refractivity contribution in [1.29, 1.82) is 0 Å². The Morgan fingerprint density at radius 2 is 1.07 bits per heavy atom. The maximum Gasteiger partial charge on any atom is 0.305 e. The average molecular weight is 390 g/mol. The molecule has 0 aromatic heterocycles. The molecule has 0 spiro atoms. The number of ether oxygens (including phenoxy) is 6. The summed E-state index contributed by atoms with van der Waals surface area (Å²) in [5.41, 5.74) is 0. The van der Waals surface area contributed by atoms with Gasteiger partial charge < -0.3 is 28.4 Å². The summed E-state index contributed by atoms with van der Waals surface area (Å²) in [6, 6.07) is 0. The van der Waals surface area contributed by atoms with Crippen molar-refractivity contribution in [3.63, 3.8) is 0 Å². The fraction of sp³-hybridized carbons (Fsp3) is 0.688. The molecule has 0 aliphatic carbocycles. The van der Waals surface area contributed by atoms with Crippen molar-refractivity contribution in [2.24, 2.45) is 0 Å². The highest BCUT2D eigenvalue weighted by molar-refractivity contribution is 5.69. The van der Waals surface area contributed by atoms with Crippen LogP contribution in [0.15, 0.2) is 0 Å².